The van der Waals surface area contributed by atoms with Crippen LogP contribution in [0, 0.1) is 0 Å². The van der Waals surface area contributed by atoms with E-state index in [0.29, 0.717) is 36.8 Å². The predicted octanol–water partition coefficient (Wildman–Crippen LogP) is 5.63. The second kappa shape index (κ2) is 12.6. The van der Waals surface area contributed by atoms with Gasteiger partial charge in [0, 0.05) is 80.5 Å². The van der Waals surface area contributed by atoms with Gasteiger partial charge in [0.2, 0.25) is 0 Å². The number of piperazine rings is 1. The molecule has 1 aromatic heterocycles. The van der Waals surface area contributed by atoms with Gasteiger partial charge in [-0.15, -0.1) is 0 Å². The molecule has 0 saturated carbocycles. The van der Waals surface area contributed by atoms with E-state index in [0.717, 1.165) is 43.9 Å². The summed E-state index contributed by atoms with van der Waals surface area (Å²) in [5.74, 6) is -0.390. The van der Waals surface area contributed by atoms with E-state index >= 15 is 0 Å². The Hall–Kier alpha value is -2.85. The largest absolute Gasteiger partial charge is 0.416 e. The number of hydrogen-bond donors (Lipinski definition) is 0. The maximum atomic E-state index is 13.9. The molecule has 2 fully saturated rings. The van der Waals surface area contributed by atoms with E-state index in [4.69, 9.17) is 16.3 Å². The molecule has 3 aromatic rings. The van der Waals surface area contributed by atoms with Crippen molar-refractivity contribution in [1.82, 2.24) is 19.3 Å². The molecule has 2 aliphatic rings. The van der Waals surface area contributed by atoms with Crippen LogP contribution in [0.15, 0.2) is 67.0 Å². The average Bonchev–Trinajstić information content (AvgIpc) is 3.47. The number of halogens is 4. The van der Waals surface area contributed by atoms with E-state index in [1.54, 1.807) is 40.1 Å². The van der Waals surface area contributed by atoms with Crippen LogP contribution in [0.4, 0.5) is 13.2 Å². The van der Waals surface area contributed by atoms with E-state index in [9.17, 15) is 18.0 Å². The van der Waals surface area contributed by atoms with Gasteiger partial charge in [0.25, 0.3) is 5.91 Å². The standard InChI is InChI=1S/C31H36ClF3N4O2/c1-22-19-37(20-23(2)41-22)12-11-36-13-14-39(29(21-36)15-24-5-7-27(32)8-6-24)30(40)25-16-26(31(33,34)35)18-28(17-25)38-9-3-4-10-38/h3-10,16-18,22-23,29H,11-15,19-21H2,1-2H3/t22?,23?,29-/m1/s1. The van der Waals surface area contributed by atoms with Gasteiger partial charge in [0.05, 0.1) is 17.8 Å². The summed E-state index contributed by atoms with van der Waals surface area (Å²) >= 11 is 6.10. The van der Waals surface area contributed by atoms with Crippen LogP contribution in [0.5, 0.6) is 0 Å². The number of nitrogens with zero attached hydrogens (tertiary/aromatic N) is 4. The van der Waals surface area contributed by atoms with Gasteiger partial charge >= 0.3 is 6.18 Å². The van der Waals surface area contributed by atoms with Crippen molar-refractivity contribution in [3.63, 3.8) is 0 Å². The molecule has 2 aromatic carbocycles. The van der Waals surface area contributed by atoms with Gasteiger partial charge in [-0.3, -0.25) is 14.6 Å². The smallest absolute Gasteiger partial charge is 0.373 e. The fourth-order valence-electron chi connectivity index (χ4n) is 5.93. The Morgan fingerprint density at radius 3 is 2.24 bits per heavy atom. The summed E-state index contributed by atoms with van der Waals surface area (Å²) < 4.78 is 49.0. The maximum Gasteiger partial charge on any atom is 0.416 e. The van der Waals surface area contributed by atoms with Gasteiger partial charge < -0.3 is 14.2 Å². The molecule has 41 heavy (non-hydrogen) atoms. The van der Waals surface area contributed by atoms with Gasteiger partial charge in [-0.1, -0.05) is 23.7 Å². The molecule has 3 heterocycles. The third-order valence-electron chi connectivity index (χ3n) is 7.83. The van der Waals surface area contributed by atoms with Gasteiger partial charge in [0.1, 0.15) is 0 Å². The number of aromatic nitrogens is 1. The maximum absolute atomic E-state index is 13.9. The normalized spacial score (nSPS) is 22.7. The van der Waals surface area contributed by atoms with Crippen LogP contribution in [0.2, 0.25) is 5.02 Å². The lowest BCUT2D eigenvalue weighted by molar-refractivity contribution is -0.137. The Morgan fingerprint density at radius 1 is 0.927 bits per heavy atom. The van der Waals surface area contributed by atoms with E-state index in [1.807, 2.05) is 24.3 Å². The molecule has 1 amide bonds. The van der Waals surface area contributed by atoms with Crippen LogP contribution in [0.3, 0.4) is 0 Å². The van der Waals surface area contributed by atoms with Crippen LogP contribution >= 0.6 is 11.6 Å². The molecule has 2 saturated heterocycles. The Morgan fingerprint density at radius 2 is 1.59 bits per heavy atom. The molecule has 0 radical (unpaired) electrons. The van der Waals surface area contributed by atoms with Crippen LogP contribution in [0.25, 0.3) is 5.69 Å². The fraction of sp³-hybridized carbons (Fsp3) is 0.452. The number of rotatable bonds is 7. The van der Waals surface area contributed by atoms with Crippen LogP contribution in [-0.4, -0.2) is 89.2 Å². The number of morpholine rings is 1. The van der Waals surface area contributed by atoms with Crippen molar-refractivity contribution in [2.45, 2.75) is 44.7 Å². The SMILES string of the molecule is CC1CN(CCN2CCN(C(=O)c3cc(-n4cccc4)cc(C(F)(F)F)c3)[C@H](Cc3ccc(Cl)cc3)C2)CC(C)O1. The monoisotopic (exact) mass is 588 g/mol. The Balaban J connectivity index is 1.37. The van der Waals surface area contributed by atoms with Crippen molar-refractivity contribution < 1.29 is 22.7 Å². The second-order valence-corrected chi connectivity index (χ2v) is 11.6. The van der Waals surface area contributed by atoms with Gasteiger partial charge in [-0.25, -0.2) is 0 Å². The summed E-state index contributed by atoms with van der Waals surface area (Å²) in [4.78, 5) is 20.4. The van der Waals surface area contributed by atoms with E-state index in [1.165, 1.54) is 0 Å². The third kappa shape index (κ3) is 7.52. The van der Waals surface area contributed by atoms with Crippen LogP contribution in [0.1, 0.15) is 35.3 Å². The first kappa shape index (κ1) is 29.6. The Labute approximate surface area is 244 Å². The zero-order chi connectivity index (χ0) is 29.1. The molecular formula is C31H36ClF3N4O2. The highest BCUT2D eigenvalue weighted by Crippen LogP contribution is 2.32. The zero-order valence-electron chi connectivity index (χ0n) is 23.4. The summed E-state index contributed by atoms with van der Waals surface area (Å²) in [5, 5.41) is 0.627. The molecule has 220 valence electrons. The molecule has 3 atom stereocenters. The predicted molar refractivity (Wildman–Crippen MR) is 154 cm³/mol. The van der Waals surface area contributed by atoms with E-state index in [-0.39, 0.29) is 29.7 Å². The van der Waals surface area contributed by atoms with Crippen molar-refractivity contribution in [3.05, 3.63) is 88.7 Å². The Kier molecular flexibility index (Phi) is 9.09. The van der Waals surface area contributed by atoms with Crippen molar-refractivity contribution in [2.75, 3.05) is 45.8 Å². The molecule has 10 heteroatoms. The first-order valence-corrected chi connectivity index (χ1v) is 14.4. The highest BCUT2D eigenvalue weighted by Gasteiger charge is 2.35. The lowest BCUT2D eigenvalue weighted by Gasteiger charge is -2.43. The number of carbonyl (C=O) groups excluding carboxylic acids is 1. The second-order valence-electron chi connectivity index (χ2n) is 11.2. The summed E-state index contributed by atoms with van der Waals surface area (Å²) in [7, 11) is 0. The Bertz CT molecular complexity index is 1310. The molecule has 0 aliphatic carbocycles. The molecule has 6 nitrogen and oxygen atoms in total. The molecule has 0 bridgehead atoms. The lowest BCUT2D eigenvalue weighted by atomic mass is 10.00. The first-order chi connectivity index (χ1) is 19.5. The van der Waals surface area contributed by atoms with Gasteiger partial charge in [0.15, 0.2) is 0 Å². The highest BCUT2D eigenvalue weighted by atomic mass is 35.5. The molecule has 2 unspecified atom stereocenters. The fourth-order valence-corrected chi connectivity index (χ4v) is 6.05. The quantitative estimate of drug-likeness (QED) is 0.359. The number of hydrogen-bond acceptors (Lipinski definition) is 4. The number of benzene rings is 2. The number of amides is 1. The average molecular weight is 589 g/mol. The van der Waals surface area contributed by atoms with Gasteiger partial charge in [-0.05, 0) is 68.3 Å². The minimum Gasteiger partial charge on any atom is -0.373 e. The summed E-state index contributed by atoms with van der Waals surface area (Å²) in [6.07, 6.45) is -0.281. The van der Waals surface area contributed by atoms with E-state index < -0.39 is 11.7 Å². The van der Waals surface area contributed by atoms with Gasteiger partial charge in [-0.2, -0.15) is 13.2 Å². The summed E-state index contributed by atoms with van der Waals surface area (Å²) in [6.45, 7) is 9.41. The zero-order valence-corrected chi connectivity index (χ0v) is 24.1. The molecule has 2 aliphatic heterocycles. The van der Waals surface area contributed by atoms with E-state index in [2.05, 4.69) is 23.6 Å². The molecular weight excluding hydrogens is 553 g/mol. The minimum atomic E-state index is -4.58. The topological polar surface area (TPSA) is 41.0 Å². The van der Waals surface area contributed by atoms with Crippen molar-refractivity contribution in [2.24, 2.45) is 0 Å². The number of alkyl halides is 3. The molecule has 5 rings (SSSR count). The first-order valence-electron chi connectivity index (χ1n) is 14.1. The molecule has 0 spiro atoms. The number of ether oxygens (including phenoxy) is 1. The van der Waals surface area contributed by atoms with Crippen molar-refractivity contribution in [3.8, 4) is 5.69 Å². The lowest BCUT2D eigenvalue weighted by Crippen LogP contribution is -2.57. The minimum absolute atomic E-state index is 0.0365. The van der Waals surface area contributed by atoms with Crippen LogP contribution in [-0.2, 0) is 17.3 Å². The highest BCUT2D eigenvalue weighted by molar-refractivity contribution is 6.30. The summed E-state index contributed by atoms with van der Waals surface area (Å²) in [6, 6.07) is 14.4. The van der Waals surface area contributed by atoms with Crippen molar-refractivity contribution >= 4 is 17.5 Å². The number of carbonyl (C=O) groups is 1. The van der Waals surface area contributed by atoms with Crippen molar-refractivity contribution in [1.29, 1.82) is 0 Å². The third-order valence-corrected chi connectivity index (χ3v) is 8.09. The molecule has 0 N–H and O–H groups in total. The van der Waals surface area contributed by atoms with Crippen LogP contribution < -0.4 is 0 Å². The summed E-state index contributed by atoms with van der Waals surface area (Å²) in [5.41, 5.74) is 0.519.